The SMILES string of the molecule is COc1nc(N2CCCCCC2)nc(N2CCC(NC(=O)C3CCCCC3)CC2)n1. The Labute approximate surface area is 179 Å². The molecule has 0 atom stereocenters. The number of rotatable bonds is 5. The van der Waals surface area contributed by atoms with Crippen LogP contribution in [0.3, 0.4) is 0 Å². The van der Waals surface area contributed by atoms with Crippen molar-refractivity contribution in [3.8, 4) is 6.01 Å². The van der Waals surface area contributed by atoms with Crippen LogP contribution in [0.2, 0.25) is 0 Å². The lowest BCUT2D eigenvalue weighted by molar-refractivity contribution is -0.126. The van der Waals surface area contributed by atoms with Crippen LogP contribution in [0.25, 0.3) is 0 Å². The zero-order chi connectivity index (χ0) is 20.8. The largest absolute Gasteiger partial charge is 0.467 e. The number of piperidine rings is 1. The maximum Gasteiger partial charge on any atom is 0.322 e. The molecule has 1 aromatic rings. The van der Waals surface area contributed by atoms with Crippen LogP contribution >= 0.6 is 0 Å². The van der Waals surface area contributed by atoms with Gasteiger partial charge < -0.3 is 19.9 Å². The maximum atomic E-state index is 12.6. The number of ether oxygens (including phenoxy) is 1. The summed E-state index contributed by atoms with van der Waals surface area (Å²) in [5, 5.41) is 3.30. The molecule has 3 heterocycles. The van der Waals surface area contributed by atoms with Gasteiger partial charge in [-0.25, -0.2) is 0 Å². The molecule has 0 spiro atoms. The van der Waals surface area contributed by atoms with Gasteiger partial charge in [-0.3, -0.25) is 4.79 Å². The first kappa shape index (κ1) is 21.1. The Morgan fingerprint density at radius 2 is 1.37 bits per heavy atom. The summed E-state index contributed by atoms with van der Waals surface area (Å²) in [5.74, 6) is 1.91. The standard InChI is InChI=1S/C22H36N6O2/c1-30-22-25-20(27-13-7-2-3-8-14-27)24-21(26-22)28-15-11-18(12-16-28)23-19(29)17-9-5-4-6-10-17/h17-18H,2-16H2,1H3,(H,23,29). The van der Waals surface area contributed by atoms with Gasteiger partial charge in [-0.1, -0.05) is 32.1 Å². The second-order valence-corrected chi connectivity index (χ2v) is 8.93. The van der Waals surface area contributed by atoms with E-state index in [-0.39, 0.29) is 17.9 Å². The first-order valence-electron chi connectivity index (χ1n) is 11.8. The zero-order valence-corrected chi connectivity index (χ0v) is 18.3. The third-order valence-electron chi connectivity index (χ3n) is 6.76. The first-order chi connectivity index (χ1) is 14.7. The van der Waals surface area contributed by atoms with Gasteiger partial charge in [-0.15, -0.1) is 0 Å². The molecular formula is C22H36N6O2. The van der Waals surface area contributed by atoms with Gasteiger partial charge >= 0.3 is 6.01 Å². The molecule has 30 heavy (non-hydrogen) atoms. The van der Waals surface area contributed by atoms with E-state index in [1.165, 1.54) is 44.9 Å². The summed E-state index contributed by atoms with van der Waals surface area (Å²) in [4.78, 5) is 30.9. The zero-order valence-electron chi connectivity index (χ0n) is 18.3. The Hall–Kier alpha value is -2.12. The fraction of sp³-hybridized carbons (Fsp3) is 0.818. The van der Waals surface area contributed by atoms with Gasteiger partial charge in [0.05, 0.1) is 7.11 Å². The summed E-state index contributed by atoms with van der Waals surface area (Å²) < 4.78 is 5.38. The third-order valence-corrected chi connectivity index (χ3v) is 6.76. The van der Waals surface area contributed by atoms with Crippen LogP contribution in [0.1, 0.15) is 70.6 Å². The Kier molecular flexibility index (Phi) is 7.23. The number of carbonyl (C=O) groups is 1. The molecule has 3 fully saturated rings. The van der Waals surface area contributed by atoms with Crippen LogP contribution in [0.15, 0.2) is 0 Å². The molecular weight excluding hydrogens is 380 g/mol. The van der Waals surface area contributed by atoms with Crippen molar-refractivity contribution in [3.05, 3.63) is 0 Å². The van der Waals surface area contributed by atoms with E-state index < -0.39 is 0 Å². The molecule has 3 aliphatic rings. The van der Waals surface area contributed by atoms with Crippen molar-refractivity contribution in [3.63, 3.8) is 0 Å². The predicted molar refractivity (Wildman–Crippen MR) is 117 cm³/mol. The highest BCUT2D eigenvalue weighted by Gasteiger charge is 2.27. The molecule has 2 aliphatic heterocycles. The monoisotopic (exact) mass is 416 g/mol. The van der Waals surface area contributed by atoms with E-state index in [9.17, 15) is 4.79 Å². The molecule has 0 unspecified atom stereocenters. The number of amides is 1. The van der Waals surface area contributed by atoms with Crippen molar-refractivity contribution >= 4 is 17.8 Å². The van der Waals surface area contributed by atoms with Crippen molar-refractivity contribution in [2.75, 3.05) is 43.1 Å². The molecule has 166 valence electrons. The lowest BCUT2D eigenvalue weighted by Crippen LogP contribution is -2.47. The molecule has 0 bridgehead atoms. The molecule has 1 amide bonds. The summed E-state index contributed by atoms with van der Waals surface area (Å²) in [5.41, 5.74) is 0. The average Bonchev–Trinajstić information content (AvgIpc) is 3.09. The molecule has 0 aromatic carbocycles. The lowest BCUT2D eigenvalue weighted by Gasteiger charge is -2.34. The van der Waals surface area contributed by atoms with E-state index in [1.54, 1.807) is 7.11 Å². The van der Waals surface area contributed by atoms with Crippen LogP contribution in [0, 0.1) is 5.92 Å². The Balaban J connectivity index is 1.36. The number of aromatic nitrogens is 3. The van der Waals surface area contributed by atoms with Gasteiger partial charge in [0.1, 0.15) is 0 Å². The second kappa shape index (κ2) is 10.3. The predicted octanol–water partition coefficient (Wildman–Crippen LogP) is 2.93. The highest BCUT2D eigenvalue weighted by atomic mass is 16.5. The fourth-order valence-corrected chi connectivity index (χ4v) is 4.89. The van der Waals surface area contributed by atoms with Crippen LogP contribution < -0.4 is 19.9 Å². The van der Waals surface area contributed by atoms with Gasteiger partial charge in [0.15, 0.2) is 0 Å². The molecule has 1 aliphatic carbocycles. The number of nitrogens with one attached hydrogen (secondary N) is 1. The summed E-state index contributed by atoms with van der Waals surface area (Å²) >= 11 is 0. The molecule has 0 radical (unpaired) electrons. The van der Waals surface area contributed by atoms with Crippen LogP contribution in [-0.2, 0) is 4.79 Å². The Morgan fingerprint density at radius 3 is 1.97 bits per heavy atom. The highest BCUT2D eigenvalue weighted by Crippen LogP contribution is 2.26. The lowest BCUT2D eigenvalue weighted by atomic mass is 9.88. The average molecular weight is 417 g/mol. The van der Waals surface area contributed by atoms with E-state index in [4.69, 9.17) is 9.72 Å². The van der Waals surface area contributed by atoms with E-state index >= 15 is 0 Å². The maximum absolute atomic E-state index is 12.6. The molecule has 1 saturated carbocycles. The minimum absolute atomic E-state index is 0.223. The van der Waals surface area contributed by atoms with Crippen LogP contribution in [0.4, 0.5) is 11.9 Å². The van der Waals surface area contributed by atoms with Crippen molar-refractivity contribution < 1.29 is 9.53 Å². The number of nitrogens with zero attached hydrogens (tertiary/aromatic N) is 5. The summed E-state index contributed by atoms with van der Waals surface area (Å²) in [6, 6.07) is 0.636. The molecule has 2 saturated heterocycles. The Morgan fingerprint density at radius 1 is 0.800 bits per heavy atom. The molecule has 8 heteroatoms. The summed E-state index contributed by atoms with van der Waals surface area (Å²) in [6.07, 6.45) is 12.5. The topological polar surface area (TPSA) is 83.5 Å². The van der Waals surface area contributed by atoms with Gasteiger partial charge in [0.25, 0.3) is 0 Å². The number of hydrogen-bond acceptors (Lipinski definition) is 7. The molecule has 4 rings (SSSR count). The van der Waals surface area contributed by atoms with E-state index in [2.05, 4.69) is 25.1 Å². The van der Waals surface area contributed by atoms with Crippen LogP contribution in [-0.4, -0.2) is 60.2 Å². The van der Waals surface area contributed by atoms with E-state index in [0.717, 1.165) is 57.8 Å². The summed E-state index contributed by atoms with van der Waals surface area (Å²) in [6.45, 7) is 3.65. The van der Waals surface area contributed by atoms with Gasteiger partial charge in [-0.2, -0.15) is 15.0 Å². The molecule has 1 N–H and O–H groups in total. The van der Waals surface area contributed by atoms with Gasteiger partial charge in [-0.05, 0) is 38.5 Å². The van der Waals surface area contributed by atoms with E-state index in [0.29, 0.717) is 12.0 Å². The highest BCUT2D eigenvalue weighted by molar-refractivity contribution is 5.79. The third kappa shape index (κ3) is 5.32. The van der Waals surface area contributed by atoms with Crippen molar-refractivity contribution in [1.29, 1.82) is 0 Å². The number of methoxy groups -OCH3 is 1. The first-order valence-corrected chi connectivity index (χ1v) is 11.8. The number of hydrogen-bond donors (Lipinski definition) is 1. The molecule has 1 aromatic heterocycles. The normalized spacial score (nSPS) is 21.9. The number of anilines is 2. The summed E-state index contributed by atoms with van der Waals surface area (Å²) in [7, 11) is 1.61. The minimum Gasteiger partial charge on any atom is -0.467 e. The van der Waals surface area contributed by atoms with Gasteiger partial charge in [0, 0.05) is 38.1 Å². The van der Waals surface area contributed by atoms with Gasteiger partial charge in [0.2, 0.25) is 17.8 Å². The van der Waals surface area contributed by atoms with E-state index in [1.807, 2.05) is 0 Å². The van der Waals surface area contributed by atoms with Crippen molar-refractivity contribution in [2.24, 2.45) is 5.92 Å². The Bertz CT molecular complexity index is 693. The fourth-order valence-electron chi connectivity index (χ4n) is 4.89. The van der Waals surface area contributed by atoms with Crippen LogP contribution in [0.5, 0.6) is 6.01 Å². The van der Waals surface area contributed by atoms with Crippen molar-refractivity contribution in [1.82, 2.24) is 20.3 Å². The number of carbonyl (C=O) groups excluding carboxylic acids is 1. The molecule has 8 nitrogen and oxygen atoms in total. The quantitative estimate of drug-likeness (QED) is 0.790. The second-order valence-electron chi connectivity index (χ2n) is 8.93. The smallest absolute Gasteiger partial charge is 0.322 e. The minimum atomic E-state index is 0.223. The van der Waals surface area contributed by atoms with Crippen molar-refractivity contribution in [2.45, 2.75) is 76.7 Å².